The van der Waals surface area contributed by atoms with Crippen molar-refractivity contribution in [3.8, 4) is 0 Å². The molecule has 3 N–H and O–H groups in total. The molecule has 1 unspecified atom stereocenters. The van der Waals surface area contributed by atoms with Crippen molar-refractivity contribution in [1.82, 2.24) is 5.32 Å². The molecule has 0 aliphatic heterocycles. The largest absolute Gasteiger partial charge is 0.379 e. The molecule has 0 aromatic carbocycles. The van der Waals surface area contributed by atoms with Crippen LogP contribution in [0.1, 0.15) is 46.0 Å². The number of amides is 1. The molecule has 0 spiro atoms. The van der Waals surface area contributed by atoms with Gasteiger partial charge in [-0.2, -0.15) is 0 Å². The SMILES string of the molecule is CCOCC(C)(NC1CCCCC1)C(N)=O. The topological polar surface area (TPSA) is 64.3 Å². The summed E-state index contributed by atoms with van der Waals surface area (Å²) in [6.07, 6.45) is 6.04. The third-order valence-corrected chi connectivity index (χ3v) is 3.27. The van der Waals surface area contributed by atoms with Gasteiger partial charge in [-0.3, -0.25) is 10.1 Å². The van der Waals surface area contributed by atoms with Crippen molar-refractivity contribution < 1.29 is 9.53 Å². The predicted molar refractivity (Wildman–Crippen MR) is 64.1 cm³/mol. The smallest absolute Gasteiger partial charge is 0.239 e. The third kappa shape index (κ3) is 3.76. The van der Waals surface area contributed by atoms with E-state index in [2.05, 4.69) is 5.32 Å². The Morgan fingerprint density at radius 1 is 1.44 bits per heavy atom. The standard InChI is InChI=1S/C12H24N2O2/c1-3-16-9-12(2,11(13)15)14-10-7-5-4-6-8-10/h10,14H,3-9H2,1-2H3,(H2,13,15). The lowest BCUT2D eigenvalue weighted by Gasteiger charge is -2.34. The first-order valence-electron chi connectivity index (χ1n) is 6.24. The Kier molecular flexibility index (Phi) is 5.22. The molecule has 0 aromatic rings. The van der Waals surface area contributed by atoms with Crippen molar-refractivity contribution in [2.45, 2.75) is 57.5 Å². The molecule has 0 saturated heterocycles. The van der Waals surface area contributed by atoms with Crippen LogP contribution in [0.5, 0.6) is 0 Å². The van der Waals surface area contributed by atoms with E-state index in [-0.39, 0.29) is 5.91 Å². The van der Waals surface area contributed by atoms with Gasteiger partial charge in [-0.25, -0.2) is 0 Å². The van der Waals surface area contributed by atoms with Crippen molar-refractivity contribution in [2.75, 3.05) is 13.2 Å². The summed E-state index contributed by atoms with van der Waals surface area (Å²) in [4.78, 5) is 11.5. The fourth-order valence-electron chi connectivity index (χ4n) is 2.19. The molecule has 0 bridgehead atoms. The number of rotatable bonds is 6. The van der Waals surface area contributed by atoms with Gasteiger partial charge in [0.15, 0.2) is 0 Å². The van der Waals surface area contributed by atoms with Gasteiger partial charge in [-0.05, 0) is 26.7 Å². The fraction of sp³-hybridized carbons (Fsp3) is 0.917. The zero-order valence-corrected chi connectivity index (χ0v) is 10.4. The van der Waals surface area contributed by atoms with E-state index in [9.17, 15) is 4.79 Å². The summed E-state index contributed by atoms with van der Waals surface area (Å²) in [6.45, 7) is 4.71. The van der Waals surface area contributed by atoms with Crippen LogP contribution in [-0.4, -0.2) is 30.7 Å². The minimum atomic E-state index is -0.724. The molecule has 1 rings (SSSR count). The normalized spacial score (nSPS) is 21.6. The van der Waals surface area contributed by atoms with Crippen LogP contribution < -0.4 is 11.1 Å². The Hall–Kier alpha value is -0.610. The molecule has 1 atom stereocenters. The third-order valence-electron chi connectivity index (χ3n) is 3.27. The second-order valence-corrected chi connectivity index (χ2v) is 4.81. The van der Waals surface area contributed by atoms with E-state index in [1.54, 1.807) is 0 Å². The van der Waals surface area contributed by atoms with Crippen LogP contribution in [0.15, 0.2) is 0 Å². The summed E-state index contributed by atoms with van der Waals surface area (Å²) in [5.41, 5.74) is 4.72. The van der Waals surface area contributed by atoms with Crippen LogP contribution in [0.25, 0.3) is 0 Å². The quantitative estimate of drug-likeness (QED) is 0.717. The number of hydrogen-bond donors (Lipinski definition) is 2. The first kappa shape index (κ1) is 13.5. The second kappa shape index (κ2) is 6.21. The summed E-state index contributed by atoms with van der Waals surface area (Å²) < 4.78 is 5.34. The lowest BCUT2D eigenvalue weighted by Crippen LogP contribution is -2.59. The molecule has 16 heavy (non-hydrogen) atoms. The predicted octanol–water partition coefficient (Wildman–Crippen LogP) is 1.19. The van der Waals surface area contributed by atoms with Gasteiger partial charge in [0.25, 0.3) is 0 Å². The summed E-state index contributed by atoms with van der Waals surface area (Å²) in [6, 6.07) is 0.409. The van der Waals surface area contributed by atoms with E-state index < -0.39 is 5.54 Å². The average Bonchev–Trinajstić information content (AvgIpc) is 2.27. The summed E-state index contributed by atoms with van der Waals surface area (Å²) >= 11 is 0. The molecule has 0 aromatic heterocycles. The van der Waals surface area contributed by atoms with Gasteiger partial charge in [0, 0.05) is 12.6 Å². The van der Waals surface area contributed by atoms with Gasteiger partial charge in [0.2, 0.25) is 5.91 Å². The number of primary amides is 1. The molecule has 1 amide bonds. The Labute approximate surface area is 97.9 Å². The first-order chi connectivity index (χ1) is 7.58. The molecular formula is C12H24N2O2. The molecule has 1 fully saturated rings. The van der Waals surface area contributed by atoms with E-state index in [0.717, 1.165) is 12.8 Å². The second-order valence-electron chi connectivity index (χ2n) is 4.81. The zero-order chi connectivity index (χ0) is 12.0. The monoisotopic (exact) mass is 228 g/mol. The highest BCUT2D eigenvalue weighted by molar-refractivity contribution is 5.84. The van der Waals surface area contributed by atoms with Gasteiger partial charge in [0.05, 0.1) is 6.61 Å². The number of ether oxygens (including phenoxy) is 1. The van der Waals surface area contributed by atoms with Crippen LogP contribution in [0.2, 0.25) is 0 Å². The molecule has 1 aliphatic carbocycles. The molecular weight excluding hydrogens is 204 g/mol. The highest BCUT2D eigenvalue weighted by Gasteiger charge is 2.33. The molecule has 1 aliphatic rings. The van der Waals surface area contributed by atoms with E-state index in [1.807, 2.05) is 13.8 Å². The van der Waals surface area contributed by atoms with Gasteiger partial charge in [-0.15, -0.1) is 0 Å². The molecule has 1 saturated carbocycles. The average molecular weight is 228 g/mol. The molecule has 4 nitrogen and oxygen atoms in total. The zero-order valence-electron chi connectivity index (χ0n) is 10.4. The van der Waals surface area contributed by atoms with Crippen LogP contribution in [0.3, 0.4) is 0 Å². The minimum absolute atomic E-state index is 0.327. The summed E-state index contributed by atoms with van der Waals surface area (Å²) in [5.74, 6) is -0.327. The number of hydrogen-bond acceptors (Lipinski definition) is 3. The van der Waals surface area contributed by atoms with Crippen molar-refractivity contribution >= 4 is 5.91 Å². The number of nitrogens with two attached hydrogens (primary N) is 1. The highest BCUT2D eigenvalue weighted by atomic mass is 16.5. The lowest BCUT2D eigenvalue weighted by molar-refractivity contribution is -0.126. The van der Waals surface area contributed by atoms with Gasteiger partial charge in [0.1, 0.15) is 5.54 Å². The summed E-state index contributed by atoms with van der Waals surface area (Å²) in [7, 11) is 0. The molecule has 4 heteroatoms. The van der Waals surface area contributed by atoms with Crippen molar-refractivity contribution in [2.24, 2.45) is 5.73 Å². The van der Waals surface area contributed by atoms with Crippen LogP contribution >= 0.6 is 0 Å². The molecule has 0 heterocycles. The minimum Gasteiger partial charge on any atom is -0.379 e. The van der Waals surface area contributed by atoms with Crippen LogP contribution in [0.4, 0.5) is 0 Å². The first-order valence-corrected chi connectivity index (χ1v) is 6.24. The van der Waals surface area contributed by atoms with E-state index in [4.69, 9.17) is 10.5 Å². The van der Waals surface area contributed by atoms with E-state index in [0.29, 0.717) is 19.3 Å². The fourth-order valence-corrected chi connectivity index (χ4v) is 2.19. The maximum atomic E-state index is 11.5. The number of nitrogens with one attached hydrogen (secondary N) is 1. The van der Waals surface area contributed by atoms with Crippen molar-refractivity contribution in [1.29, 1.82) is 0 Å². The highest BCUT2D eigenvalue weighted by Crippen LogP contribution is 2.20. The Bertz CT molecular complexity index is 227. The van der Waals surface area contributed by atoms with Gasteiger partial charge < -0.3 is 10.5 Å². The number of carbonyl (C=O) groups is 1. The molecule has 94 valence electrons. The molecule has 0 radical (unpaired) electrons. The Morgan fingerprint density at radius 2 is 2.06 bits per heavy atom. The van der Waals surface area contributed by atoms with Crippen LogP contribution in [-0.2, 0) is 9.53 Å². The van der Waals surface area contributed by atoms with Crippen molar-refractivity contribution in [3.63, 3.8) is 0 Å². The Morgan fingerprint density at radius 3 is 2.56 bits per heavy atom. The maximum absolute atomic E-state index is 11.5. The van der Waals surface area contributed by atoms with E-state index in [1.165, 1.54) is 19.3 Å². The lowest BCUT2D eigenvalue weighted by atomic mass is 9.92. The van der Waals surface area contributed by atoms with Gasteiger partial charge in [-0.1, -0.05) is 19.3 Å². The van der Waals surface area contributed by atoms with Crippen molar-refractivity contribution in [3.05, 3.63) is 0 Å². The Balaban J connectivity index is 2.51. The maximum Gasteiger partial charge on any atom is 0.239 e. The van der Waals surface area contributed by atoms with E-state index >= 15 is 0 Å². The van der Waals surface area contributed by atoms with Crippen LogP contribution in [0, 0.1) is 0 Å². The van der Waals surface area contributed by atoms with Gasteiger partial charge >= 0.3 is 0 Å². The summed E-state index contributed by atoms with van der Waals surface area (Å²) in [5, 5.41) is 3.37. The number of carbonyl (C=O) groups excluding carboxylic acids is 1.